The highest BCUT2D eigenvalue weighted by Crippen LogP contribution is 2.35. The van der Waals surface area contributed by atoms with Crippen LogP contribution in [0.3, 0.4) is 0 Å². The zero-order valence-corrected chi connectivity index (χ0v) is 13.0. The number of hydrogen-bond donors (Lipinski definition) is 1. The molecule has 0 aromatic heterocycles. The first kappa shape index (κ1) is 14.7. The number of fused-ring (bicyclic) bond motifs is 1. The van der Waals surface area contributed by atoms with E-state index in [0.29, 0.717) is 48.5 Å². The Hall–Kier alpha value is -1.27. The summed E-state index contributed by atoms with van der Waals surface area (Å²) in [6.45, 7) is 1.16. The SMILES string of the molecule is CNC1CCC(S(=O)(=O)c2ccc3c(c2)OCCCO3)C1. The molecule has 1 aliphatic heterocycles. The maximum atomic E-state index is 12.7. The van der Waals surface area contributed by atoms with Gasteiger partial charge in [-0.3, -0.25) is 0 Å². The fourth-order valence-electron chi connectivity index (χ4n) is 3.00. The van der Waals surface area contributed by atoms with E-state index in [1.807, 2.05) is 7.05 Å². The molecule has 1 N–H and O–H groups in total. The highest BCUT2D eigenvalue weighted by Gasteiger charge is 2.35. The maximum Gasteiger partial charge on any atom is 0.181 e. The molecule has 6 heteroatoms. The van der Waals surface area contributed by atoms with Crippen molar-refractivity contribution in [3.63, 3.8) is 0 Å². The first-order chi connectivity index (χ1) is 10.1. The summed E-state index contributed by atoms with van der Waals surface area (Å²) >= 11 is 0. The predicted molar refractivity (Wildman–Crippen MR) is 79.7 cm³/mol. The third-order valence-electron chi connectivity index (χ3n) is 4.28. The van der Waals surface area contributed by atoms with Gasteiger partial charge in [-0.05, 0) is 38.4 Å². The van der Waals surface area contributed by atoms with Gasteiger partial charge in [-0.25, -0.2) is 8.42 Å². The summed E-state index contributed by atoms with van der Waals surface area (Å²) in [5.74, 6) is 1.17. The first-order valence-corrected chi connectivity index (χ1v) is 8.96. The van der Waals surface area contributed by atoms with Crippen LogP contribution in [0.25, 0.3) is 0 Å². The number of benzene rings is 1. The van der Waals surface area contributed by atoms with Gasteiger partial charge in [0.1, 0.15) is 0 Å². The second-order valence-electron chi connectivity index (χ2n) is 5.62. The molecule has 3 rings (SSSR count). The number of ether oxygens (including phenoxy) is 2. The van der Waals surface area contributed by atoms with Crippen molar-refractivity contribution in [2.45, 2.75) is 41.9 Å². The van der Waals surface area contributed by atoms with Crippen LogP contribution in [-0.2, 0) is 9.84 Å². The Morgan fingerprint density at radius 1 is 1.14 bits per heavy atom. The third-order valence-corrected chi connectivity index (χ3v) is 6.50. The van der Waals surface area contributed by atoms with Crippen molar-refractivity contribution in [1.29, 1.82) is 0 Å². The van der Waals surface area contributed by atoms with Crippen molar-refractivity contribution in [1.82, 2.24) is 5.32 Å². The number of rotatable bonds is 3. The quantitative estimate of drug-likeness (QED) is 0.921. The lowest BCUT2D eigenvalue weighted by atomic mass is 10.3. The van der Waals surface area contributed by atoms with E-state index in [4.69, 9.17) is 9.47 Å². The summed E-state index contributed by atoms with van der Waals surface area (Å²) < 4.78 is 36.6. The molecule has 2 atom stereocenters. The Balaban J connectivity index is 1.87. The molecule has 1 saturated carbocycles. The van der Waals surface area contributed by atoms with Crippen molar-refractivity contribution < 1.29 is 17.9 Å². The molecule has 0 amide bonds. The highest BCUT2D eigenvalue weighted by atomic mass is 32.2. The molecule has 0 saturated heterocycles. The lowest BCUT2D eigenvalue weighted by molar-refractivity contribution is 0.297. The smallest absolute Gasteiger partial charge is 0.181 e. The molecule has 21 heavy (non-hydrogen) atoms. The van der Waals surface area contributed by atoms with Crippen LogP contribution in [0.4, 0.5) is 0 Å². The van der Waals surface area contributed by atoms with E-state index in [9.17, 15) is 8.42 Å². The number of hydrogen-bond acceptors (Lipinski definition) is 5. The van der Waals surface area contributed by atoms with Crippen LogP contribution in [0.2, 0.25) is 0 Å². The van der Waals surface area contributed by atoms with E-state index in [-0.39, 0.29) is 5.25 Å². The van der Waals surface area contributed by atoms with Crippen LogP contribution in [0.15, 0.2) is 23.1 Å². The zero-order valence-electron chi connectivity index (χ0n) is 12.2. The van der Waals surface area contributed by atoms with Gasteiger partial charge in [-0.2, -0.15) is 0 Å². The third kappa shape index (κ3) is 2.87. The fourth-order valence-corrected chi connectivity index (χ4v) is 4.84. The molecular formula is C15H21NO4S. The summed E-state index contributed by atoms with van der Waals surface area (Å²) in [6, 6.07) is 5.25. The van der Waals surface area contributed by atoms with Gasteiger partial charge in [0.2, 0.25) is 0 Å². The van der Waals surface area contributed by atoms with Gasteiger partial charge in [0.15, 0.2) is 21.3 Å². The van der Waals surface area contributed by atoms with Crippen LogP contribution in [0.5, 0.6) is 11.5 Å². The molecule has 116 valence electrons. The first-order valence-electron chi connectivity index (χ1n) is 7.42. The number of nitrogens with one attached hydrogen (secondary N) is 1. The van der Waals surface area contributed by atoms with Gasteiger partial charge < -0.3 is 14.8 Å². The molecule has 2 unspecified atom stereocenters. The van der Waals surface area contributed by atoms with Crippen LogP contribution in [0.1, 0.15) is 25.7 Å². The van der Waals surface area contributed by atoms with E-state index >= 15 is 0 Å². The molecular weight excluding hydrogens is 290 g/mol. The second kappa shape index (κ2) is 5.85. The highest BCUT2D eigenvalue weighted by molar-refractivity contribution is 7.92. The molecule has 1 heterocycles. The molecule has 5 nitrogen and oxygen atoms in total. The number of sulfone groups is 1. The largest absolute Gasteiger partial charge is 0.490 e. The Labute approximate surface area is 125 Å². The minimum atomic E-state index is -3.30. The standard InChI is InChI=1S/C15H21NO4S/c1-16-11-3-4-12(9-11)21(17,18)13-5-6-14-15(10-13)20-8-2-7-19-14/h5-6,10-12,16H,2-4,7-9H2,1H3. The molecule has 1 aliphatic carbocycles. The van der Waals surface area contributed by atoms with Crippen LogP contribution in [-0.4, -0.2) is 40.0 Å². The van der Waals surface area contributed by atoms with Crippen molar-refractivity contribution in [2.24, 2.45) is 0 Å². The van der Waals surface area contributed by atoms with Gasteiger partial charge in [0.25, 0.3) is 0 Å². The molecule has 1 aromatic carbocycles. The van der Waals surface area contributed by atoms with E-state index < -0.39 is 9.84 Å². The minimum absolute atomic E-state index is 0.296. The average Bonchev–Trinajstić information content (AvgIpc) is 2.86. The summed E-state index contributed by atoms with van der Waals surface area (Å²) in [6.07, 6.45) is 3.10. The van der Waals surface area contributed by atoms with Crippen LogP contribution >= 0.6 is 0 Å². The summed E-state index contributed by atoms with van der Waals surface area (Å²) in [4.78, 5) is 0.341. The molecule has 1 aromatic rings. The fraction of sp³-hybridized carbons (Fsp3) is 0.600. The van der Waals surface area contributed by atoms with E-state index in [1.165, 1.54) is 0 Å². The molecule has 0 radical (unpaired) electrons. The Bertz CT molecular complexity index is 614. The Morgan fingerprint density at radius 2 is 1.90 bits per heavy atom. The molecule has 0 bridgehead atoms. The van der Waals surface area contributed by atoms with E-state index in [1.54, 1.807) is 18.2 Å². The van der Waals surface area contributed by atoms with Gasteiger partial charge in [-0.1, -0.05) is 0 Å². The van der Waals surface area contributed by atoms with Gasteiger partial charge in [0, 0.05) is 18.5 Å². The summed E-state index contributed by atoms with van der Waals surface area (Å²) in [5.41, 5.74) is 0. The van der Waals surface area contributed by atoms with E-state index in [0.717, 1.165) is 12.8 Å². The molecule has 1 fully saturated rings. The van der Waals surface area contributed by atoms with Gasteiger partial charge >= 0.3 is 0 Å². The minimum Gasteiger partial charge on any atom is -0.490 e. The molecule has 2 aliphatic rings. The van der Waals surface area contributed by atoms with Crippen LogP contribution in [0, 0.1) is 0 Å². The average molecular weight is 311 g/mol. The maximum absolute atomic E-state index is 12.7. The van der Waals surface area contributed by atoms with Crippen molar-refractivity contribution in [2.75, 3.05) is 20.3 Å². The van der Waals surface area contributed by atoms with Gasteiger partial charge in [-0.15, -0.1) is 0 Å². The second-order valence-corrected chi connectivity index (χ2v) is 7.85. The summed E-state index contributed by atoms with van der Waals surface area (Å²) in [5, 5.41) is 2.86. The zero-order chi connectivity index (χ0) is 14.9. The van der Waals surface area contributed by atoms with Crippen molar-refractivity contribution in [3.8, 4) is 11.5 Å². The Morgan fingerprint density at radius 3 is 2.62 bits per heavy atom. The predicted octanol–water partition coefficient (Wildman–Crippen LogP) is 1.76. The summed E-state index contributed by atoms with van der Waals surface area (Å²) in [7, 11) is -1.42. The van der Waals surface area contributed by atoms with Crippen molar-refractivity contribution in [3.05, 3.63) is 18.2 Å². The normalized spacial score (nSPS) is 25.6. The monoisotopic (exact) mass is 311 g/mol. The van der Waals surface area contributed by atoms with Gasteiger partial charge in [0.05, 0.1) is 23.4 Å². The Kier molecular flexibility index (Phi) is 4.08. The lowest BCUT2D eigenvalue weighted by Gasteiger charge is -2.14. The lowest BCUT2D eigenvalue weighted by Crippen LogP contribution is -2.25. The van der Waals surface area contributed by atoms with E-state index in [2.05, 4.69) is 5.32 Å². The topological polar surface area (TPSA) is 64.6 Å². The molecule has 0 spiro atoms. The van der Waals surface area contributed by atoms with Crippen molar-refractivity contribution >= 4 is 9.84 Å². The van der Waals surface area contributed by atoms with Crippen LogP contribution < -0.4 is 14.8 Å².